The van der Waals surface area contributed by atoms with E-state index in [4.69, 9.17) is 5.11 Å². The predicted octanol–water partition coefficient (Wildman–Crippen LogP) is 2.84. The van der Waals surface area contributed by atoms with E-state index in [9.17, 15) is 14.0 Å². The van der Waals surface area contributed by atoms with Gasteiger partial charge in [-0.15, -0.1) is 0 Å². The van der Waals surface area contributed by atoms with E-state index in [-0.39, 0.29) is 24.6 Å². The van der Waals surface area contributed by atoms with Gasteiger partial charge in [0, 0.05) is 30.9 Å². The van der Waals surface area contributed by atoms with Crippen LogP contribution in [-0.2, 0) is 16.0 Å². The highest BCUT2D eigenvalue weighted by Crippen LogP contribution is 2.19. The maximum atomic E-state index is 13.1. The second-order valence-corrected chi connectivity index (χ2v) is 5.40. The Hall–Kier alpha value is -1.43. The Morgan fingerprint density at radius 1 is 1.35 bits per heavy atom. The van der Waals surface area contributed by atoms with Crippen molar-refractivity contribution in [2.75, 3.05) is 13.6 Å². The van der Waals surface area contributed by atoms with Crippen LogP contribution < -0.4 is 0 Å². The summed E-state index contributed by atoms with van der Waals surface area (Å²) in [5.74, 6) is -1.27. The number of carbonyl (C=O) groups excluding carboxylic acids is 1. The molecule has 1 rings (SSSR count). The summed E-state index contributed by atoms with van der Waals surface area (Å²) in [5.41, 5.74) is 0.747. The van der Waals surface area contributed by atoms with Crippen LogP contribution in [0, 0.1) is 5.82 Å². The lowest BCUT2D eigenvalue weighted by atomic mass is 10.1. The van der Waals surface area contributed by atoms with Gasteiger partial charge < -0.3 is 10.0 Å². The van der Waals surface area contributed by atoms with Crippen LogP contribution in [0.3, 0.4) is 0 Å². The van der Waals surface area contributed by atoms with E-state index in [0.717, 1.165) is 10.0 Å². The van der Waals surface area contributed by atoms with E-state index in [1.807, 2.05) is 0 Å². The molecule has 0 aliphatic heterocycles. The number of halogens is 2. The van der Waals surface area contributed by atoms with Gasteiger partial charge in [-0.2, -0.15) is 0 Å². The summed E-state index contributed by atoms with van der Waals surface area (Å²) in [6, 6.07) is 4.38. The number of carboxylic acids is 1. The fourth-order valence-corrected chi connectivity index (χ4v) is 2.20. The normalized spacial score (nSPS) is 10.3. The molecule has 0 aromatic heterocycles. The van der Waals surface area contributed by atoms with E-state index in [2.05, 4.69) is 15.9 Å². The first-order valence-corrected chi connectivity index (χ1v) is 7.09. The third-order valence-electron chi connectivity index (χ3n) is 2.93. The molecular formula is C14H17BrFNO3. The minimum Gasteiger partial charge on any atom is -0.481 e. The number of carboxylic acid groups (broad SMARTS) is 1. The van der Waals surface area contributed by atoms with Crippen molar-refractivity contribution in [3.8, 4) is 0 Å². The molecule has 1 N–H and O–H groups in total. The van der Waals surface area contributed by atoms with Crippen molar-refractivity contribution in [2.45, 2.75) is 25.7 Å². The quantitative estimate of drug-likeness (QED) is 0.826. The van der Waals surface area contributed by atoms with Gasteiger partial charge in [0.15, 0.2) is 0 Å². The highest BCUT2D eigenvalue weighted by molar-refractivity contribution is 9.10. The lowest BCUT2D eigenvalue weighted by molar-refractivity contribution is -0.138. The first-order valence-electron chi connectivity index (χ1n) is 6.30. The number of carbonyl (C=O) groups is 2. The summed E-state index contributed by atoms with van der Waals surface area (Å²) in [6.07, 6.45) is 1.19. The first kappa shape index (κ1) is 16.6. The van der Waals surface area contributed by atoms with Crippen molar-refractivity contribution in [2.24, 2.45) is 0 Å². The molecule has 1 amide bonds. The van der Waals surface area contributed by atoms with Gasteiger partial charge in [0.25, 0.3) is 0 Å². The third kappa shape index (κ3) is 5.69. The van der Waals surface area contributed by atoms with Gasteiger partial charge in [-0.25, -0.2) is 4.39 Å². The number of aryl methyl sites for hydroxylation is 1. The average molecular weight is 346 g/mol. The topological polar surface area (TPSA) is 57.6 Å². The molecule has 4 nitrogen and oxygen atoms in total. The van der Waals surface area contributed by atoms with Gasteiger partial charge in [0.05, 0.1) is 0 Å². The molecule has 0 spiro atoms. The summed E-state index contributed by atoms with van der Waals surface area (Å²) in [6.45, 7) is 0.412. The number of hydrogen-bond donors (Lipinski definition) is 1. The van der Waals surface area contributed by atoms with Crippen LogP contribution in [0.4, 0.5) is 4.39 Å². The fraction of sp³-hybridized carbons (Fsp3) is 0.429. The zero-order valence-electron chi connectivity index (χ0n) is 11.2. The molecule has 0 aliphatic carbocycles. The largest absolute Gasteiger partial charge is 0.481 e. The van der Waals surface area contributed by atoms with Crippen LogP contribution in [-0.4, -0.2) is 35.5 Å². The van der Waals surface area contributed by atoms with Gasteiger partial charge in [-0.05, 0) is 36.6 Å². The number of amides is 1. The van der Waals surface area contributed by atoms with Crippen molar-refractivity contribution >= 4 is 27.8 Å². The Bertz CT molecular complexity index is 493. The molecule has 0 atom stereocenters. The molecule has 0 unspecified atom stereocenters. The highest BCUT2D eigenvalue weighted by Gasteiger charge is 2.11. The van der Waals surface area contributed by atoms with Crippen LogP contribution in [0.1, 0.15) is 24.8 Å². The number of hydrogen-bond acceptors (Lipinski definition) is 2. The Labute approximate surface area is 125 Å². The second kappa shape index (κ2) is 7.99. The van der Waals surface area contributed by atoms with Crippen molar-refractivity contribution < 1.29 is 19.1 Å². The molecule has 0 heterocycles. The molecule has 0 saturated carbocycles. The van der Waals surface area contributed by atoms with E-state index >= 15 is 0 Å². The van der Waals surface area contributed by atoms with Gasteiger partial charge in [-0.3, -0.25) is 9.59 Å². The Kier molecular flexibility index (Phi) is 6.64. The van der Waals surface area contributed by atoms with Crippen LogP contribution in [0.5, 0.6) is 0 Å². The minimum atomic E-state index is -0.866. The van der Waals surface area contributed by atoms with Gasteiger partial charge in [0.2, 0.25) is 5.91 Å². The standard InChI is InChI=1S/C14H17BrFNO3/c1-17(8-2-3-14(19)20)13(18)7-4-10-9-11(16)5-6-12(10)15/h5-6,9H,2-4,7-8H2,1H3,(H,19,20). The maximum absolute atomic E-state index is 13.1. The Morgan fingerprint density at radius 2 is 2.05 bits per heavy atom. The lowest BCUT2D eigenvalue weighted by Crippen LogP contribution is -2.28. The molecule has 6 heteroatoms. The van der Waals surface area contributed by atoms with Crippen LogP contribution in [0.25, 0.3) is 0 Å². The van der Waals surface area contributed by atoms with Crippen molar-refractivity contribution in [1.82, 2.24) is 4.90 Å². The van der Waals surface area contributed by atoms with Crippen LogP contribution in [0.2, 0.25) is 0 Å². The van der Waals surface area contributed by atoms with E-state index < -0.39 is 5.97 Å². The molecule has 1 aromatic carbocycles. The fourth-order valence-electron chi connectivity index (χ4n) is 1.76. The monoisotopic (exact) mass is 345 g/mol. The number of nitrogens with zero attached hydrogens (tertiary/aromatic N) is 1. The summed E-state index contributed by atoms with van der Waals surface area (Å²) in [7, 11) is 1.64. The van der Waals surface area contributed by atoms with Gasteiger partial charge in [0.1, 0.15) is 5.82 Å². The van der Waals surface area contributed by atoms with Crippen molar-refractivity contribution in [3.63, 3.8) is 0 Å². The Morgan fingerprint density at radius 3 is 2.70 bits per heavy atom. The molecule has 20 heavy (non-hydrogen) atoms. The van der Waals surface area contributed by atoms with E-state index in [0.29, 0.717) is 19.4 Å². The minimum absolute atomic E-state index is 0.0487. The van der Waals surface area contributed by atoms with E-state index in [1.165, 1.54) is 17.0 Å². The molecule has 0 radical (unpaired) electrons. The molecule has 0 aliphatic rings. The number of benzene rings is 1. The maximum Gasteiger partial charge on any atom is 0.303 e. The molecular weight excluding hydrogens is 329 g/mol. The predicted molar refractivity (Wildman–Crippen MR) is 76.9 cm³/mol. The van der Waals surface area contributed by atoms with Crippen molar-refractivity contribution in [1.29, 1.82) is 0 Å². The Balaban J connectivity index is 2.42. The smallest absolute Gasteiger partial charge is 0.303 e. The highest BCUT2D eigenvalue weighted by atomic mass is 79.9. The summed E-state index contributed by atoms with van der Waals surface area (Å²) < 4.78 is 13.9. The van der Waals surface area contributed by atoms with Gasteiger partial charge in [-0.1, -0.05) is 15.9 Å². The SMILES string of the molecule is CN(CCCC(=O)O)C(=O)CCc1cc(F)ccc1Br. The van der Waals surface area contributed by atoms with Crippen LogP contribution in [0.15, 0.2) is 22.7 Å². The average Bonchev–Trinajstić information content (AvgIpc) is 2.38. The molecule has 0 fully saturated rings. The molecule has 110 valence electrons. The third-order valence-corrected chi connectivity index (χ3v) is 3.70. The lowest BCUT2D eigenvalue weighted by Gasteiger charge is -2.16. The second-order valence-electron chi connectivity index (χ2n) is 4.55. The molecule has 0 bridgehead atoms. The van der Waals surface area contributed by atoms with Gasteiger partial charge >= 0.3 is 5.97 Å². The number of aliphatic carboxylic acids is 1. The summed E-state index contributed by atoms with van der Waals surface area (Å²) in [4.78, 5) is 23.8. The van der Waals surface area contributed by atoms with E-state index in [1.54, 1.807) is 13.1 Å². The summed E-state index contributed by atoms with van der Waals surface area (Å²) >= 11 is 3.32. The summed E-state index contributed by atoms with van der Waals surface area (Å²) in [5, 5.41) is 8.53. The molecule has 1 aromatic rings. The zero-order chi connectivity index (χ0) is 15.1. The number of rotatable bonds is 7. The van der Waals surface area contributed by atoms with Crippen LogP contribution >= 0.6 is 15.9 Å². The van der Waals surface area contributed by atoms with Crippen molar-refractivity contribution in [3.05, 3.63) is 34.1 Å². The first-order chi connectivity index (χ1) is 9.40. The zero-order valence-corrected chi connectivity index (χ0v) is 12.8. The molecule has 0 saturated heterocycles.